The largest absolute Gasteiger partial charge is 0.371 e. The van der Waals surface area contributed by atoms with Gasteiger partial charge in [0.1, 0.15) is 10.7 Å². The topological polar surface area (TPSA) is 83.6 Å². The van der Waals surface area contributed by atoms with Crippen molar-refractivity contribution in [1.82, 2.24) is 4.72 Å². The average molecular weight is 415 g/mol. The van der Waals surface area contributed by atoms with E-state index in [1.54, 1.807) is 26.0 Å². The third-order valence-electron chi connectivity index (χ3n) is 4.80. The van der Waals surface area contributed by atoms with Crippen LogP contribution in [0.2, 0.25) is 5.02 Å². The van der Waals surface area contributed by atoms with Gasteiger partial charge in [-0.25, -0.2) is 13.1 Å². The van der Waals surface area contributed by atoms with Crippen molar-refractivity contribution >= 4 is 39.0 Å². The first kappa shape index (κ1) is 21.7. The maximum absolute atomic E-state index is 12.4. The van der Waals surface area contributed by atoms with Gasteiger partial charge in [-0.3, -0.25) is 9.59 Å². The second kappa shape index (κ2) is 8.61. The molecule has 1 aliphatic heterocycles. The van der Waals surface area contributed by atoms with Gasteiger partial charge in [0, 0.05) is 36.5 Å². The fourth-order valence-corrected chi connectivity index (χ4v) is 4.76. The lowest BCUT2D eigenvalue weighted by Gasteiger charge is -2.33. The third kappa shape index (κ3) is 5.23. The Bertz CT molecular complexity index is 813. The lowest BCUT2D eigenvalue weighted by molar-refractivity contribution is -0.126. The smallest absolute Gasteiger partial charge is 0.265 e. The van der Waals surface area contributed by atoms with Crippen LogP contribution in [0.5, 0.6) is 0 Å². The molecule has 1 fully saturated rings. The second-order valence-electron chi connectivity index (χ2n) is 7.56. The van der Waals surface area contributed by atoms with Gasteiger partial charge in [0.05, 0.1) is 5.02 Å². The zero-order valence-corrected chi connectivity index (χ0v) is 17.7. The SMILES string of the molecule is CC(C)C(=O)NS(=O)(=O)c1ccc(N2CCC(C(=O)C(C)C)CC2)cc1Cl. The number of halogens is 1. The molecule has 0 radical (unpaired) electrons. The number of ketones is 1. The zero-order chi connectivity index (χ0) is 20.4. The molecule has 0 unspecified atom stereocenters. The van der Waals surface area contributed by atoms with Crippen LogP contribution < -0.4 is 9.62 Å². The zero-order valence-electron chi connectivity index (χ0n) is 16.2. The van der Waals surface area contributed by atoms with Crippen LogP contribution in [-0.2, 0) is 19.6 Å². The number of sulfonamides is 1. The Labute approximate surface area is 166 Å². The quantitative estimate of drug-likeness (QED) is 0.772. The van der Waals surface area contributed by atoms with Crippen LogP contribution in [0.15, 0.2) is 23.1 Å². The molecule has 1 saturated heterocycles. The summed E-state index contributed by atoms with van der Waals surface area (Å²) >= 11 is 6.21. The number of carbonyl (C=O) groups excluding carboxylic acids is 2. The summed E-state index contributed by atoms with van der Waals surface area (Å²) in [4.78, 5) is 25.8. The molecule has 0 spiro atoms. The summed E-state index contributed by atoms with van der Waals surface area (Å²) in [5.74, 6) is -0.598. The van der Waals surface area contributed by atoms with Crippen LogP contribution in [0, 0.1) is 17.8 Å². The van der Waals surface area contributed by atoms with Gasteiger partial charge in [-0.1, -0.05) is 39.3 Å². The van der Waals surface area contributed by atoms with Gasteiger partial charge in [-0.05, 0) is 31.0 Å². The van der Waals surface area contributed by atoms with E-state index in [9.17, 15) is 18.0 Å². The lowest BCUT2D eigenvalue weighted by atomic mass is 9.87. The fourth-order valence-electron chi connectivity index (χ4n) is 3.10. The van der Waals surface area contributed by atoms with Gasteiger partial charge >= 0.3 is 0 Å². The second-order valence-corrected chi connectivity index (χ2v) is 9.62. The first-order valence-electron chi connectivity index (χ1n) is 9.17. The van der Waals surface area contributed by atoms with E-state index in [4.69, 9.17) is 11.6 Å². The standard InChI is InChI=1S/C19H27ClN2O4S/c1-12(2)18(23)14-7-9-22(10-8-14)15-5-6-17(16(20)11-15)27(25,26)21-19(24)13(3)4/h5-6,11-14H,7-10H2,1-4H3,(H,21,24). The number of nitrogens with one attached hydrogen (secondary N) is 1. The fraction of sp³-hybridized carbons (Fsp3) is 0.579. The maximum Gasteiger partial charge on any atom is 0.265 e. The number of hydrogen-bond donors (Lipinski definition) is 1. The Kier molecular flexibility index (Phi) is 6.92. The Morgan fingerprint density at radius 1 is 1.11 bits per heavy atom. The van der Waals surface area contributed by atoms with Gasteiger partial charge in [0.15, 0.2) is 0 Å². The molecule has 1 aromatic carbocycles. The Hall–Kier alpha value is -1.60. The van der Waals surface area contributed by atoms with Crippen molar-refractivity contribution in [2.24, 2.45) is 17.8 Å². The Morgan fingerprint density at radius 2 is 1.70 bits per heavy atom. The molecule has 6 nitrogen and oxygen atoms in total. The van der Waals surface area contributed by atoms with E-state index in [2.05, 4.69) is 4.90 Å². The van der Waals surface area contributed by atoms with E-state index >= 15 is 0 Å². The van der Waals surface area contributed by atoms with Crippen molar-refractivity contribution in [3.63, 3.8) is 0 Å². The van der Waals surface area contributed by atoms with E-state index in [1.807, 2.05) is 18.6 Å². The predicted octanol–water partition coefficient (Wildman–Crippen LogP) is 3.24. The highest BCUT2D eigenvalue weighted by atomic mass is 35.5. The number of carbonyl (C=O) groups is 2. The first-order valence-corrected chi connectivity index (χ1v) is 11.0. The molecule has 1 aliphatic rings. The average Bonchev–Trinajstić information content (AvgIpc) is 2.60. The molecule has 1 N–H and O–H groups in total. The van der Waals surface area contributed by atoms with Crippen molar-refractivity contribution in [3.05, 3.63) is 23.2 Å². The molecule has 2 rings (SSSR count). The summed E-state index contributed by atoms with van der Waals surface area (Å²) in [5, 5.41) is 0.0666. The van der Waals surface area contributed by atoms with Gasteiger partial charge in [0.2, 0.25) is 5.91 Å². The van der Waals surface area contributed by atoms with Crippen LogP contribution in [0.1, 0.15) is 40.5 Å². The predicted molar refractivity (Wildman–Crippen MR) is 106 cm³/mol. The van der Waals surface area contributed by atoms with Crippen LogP contribution >= 0.6 is 11.6 Å². The highest BCUT2D eigenvalue weighted by molar-refractivity contribution is 7.90. The van der Waals surface area contributed by atoms with Crippen LogP contribution in [-0.4, -0.2) is 33.2 Å². The van der Waals surface area contributed by atoms with Gasteiger partial charge < -0.3 is 4.90 Å². The molecular formula is C19H27ClN2O4S. The lowest BCUT2D eigenvalue weighted by Crippen LogP contribution is -2.37. The molecule has 0 aromatic heterocycles. The molecule has 0 atom stereocenters. The molecule has 27 heavy (non-hydrogen) atoms. The van der Waals surface area contributed by atoms with E-state index in [0.717, 1.165) is 31.6 Å². The highest BCUT2D eigenvalue weighted by Gasteiger charge is 2.27. The minimum absolute atomic E-state index is 0.0431. The van der Waals surface area contributed by atoms with Crippen molar-refractivity contribution in [3.8, 4) is 0 Å². The summed E-state index contributed by atoms with van der Waals surface area (Å²) in [5.41, 5.74) is 0.810. The van der Waals surface area contributed by atoms with Crippen LogP contribution in [0.4, 0.5) is 5.69 Å². The molecular weight excluding hydrogens is 388 g/mol. The first-order chi connectivity index (χ1) is 12.5. The van der Waals surface area contributed by atoms with Gasteiger partial charge in [-0.15, -0.1) is 0 Å². The number of piperidine rings is 1. The Balaban J connectivity index is 2.11. The number of hydrogen-bond acceptors (Lipinski definition) is 5. The van der Waals surface area contributed by atoms with Gasteiger partial charge in [-0.2, -0.15) is 0 Å². The molecule has 1 heterocycles. The molecule has 1 amide bonds. The summed E-state index contributed by atoms with van der Waals surface area (Å²) in [7, 11) is -4.01. The van der Waals surface area contributed by atoms with E-state index in [0.29, 0.717) is 5.78 Å². The van der Waals surface area contributed by atoms with Crippen molar-refractivity contribution < 1.29 is 18.0 Å². The molecule has 0 bridgehead atoms. The van der Waals surface area contributed by atoms with Crippen LogP contribution in [0.25, 0.3) is 0 Å². The van der Waals surface area contributed by atoms with E-state index in [-0.39, 0.29) is 21.8 Å². The Morgan fingerprint density at radius 3 is 2.19 bits per heavy atom. The molecule has 0 saturated carbocycles. The molecule has 150 valence electrons. The number of benzene rings is 1. The number of amides is 1. The highest BCUT2D eigenvalue weighted by Crippen LogP contribution is 2.30. The monoisotopic (exact) mass is 414 g/mol. The number of rotatable bonds is 6. The van der Waals surface area contributed by atoms with Crippen molar-refractivity contribution in [2.75, 3.05) is 18.0 Å². The summed E-state index contributed by atoms with van der Waals surface area (Å²) < 4.78 is 26.8. The summed E-state index contributed by atoms with van der Waals surface area (Å²) in [6, 6.07) is 4.70. The van der Waals surface area contributed by atoms with Gasteiger partial charge in [0.25, 0.3) is 10.0 Å². The molecule has 8 heteroatoms. The van der Waals surface area contributed by atoms with E-state index < -0.39 is 21.8 Å². The van der Waals surface area contributed by atoms with E-state index in [1.165, 1.54) is 6.07 Å². The van der Waals surface area contributed by atoms with Crippen LogP contribution in [0.3, 0.4) is 0 Å². The maximum atomic E-state index is 12.4. The van der Waals surface area contributed by atoms with Crippen molar-refractivity contribution in [2.45, 2.75) is 45.4 Å². The summed E-state index contributed by atoms with van der Waals surface area (Å²) in [6.07, 6.45) is 1.55. The third-order valence-corrected chi connectivity index (χ3v) is 6.63. The minimum Gasteiger partial charge on any atom is -0.371 e. The molecule has 1 aromatic rings. The van der Waals surface area contributed by atoms with Crippen molar-refractivity contribution in [1.29, 1.82) is 0 Å². The number of Topliss-reactive ketones (excluding diaryl/α,β-unsaturated/α-hetero) is 1. The number of anilines is 1. The normalized spacial score (nSPS) is 16.0. The minimum atomic E-state index is -4.01. The number of nitrogens with zero attached hydrogens (tertiary/aromatic N) is 1. The summed E-state index contributed by atoms with van der Waals surface area (Å²) in [6.45, 7) is 8.51. The molecule has 0 aliphatic carbocycles.